The van der Waals surface area contributed by atoms with E-state index < -0.39 is 0 Å². The Morgan fingerprint density at radius 3 is 2.35 bits per heavy atom. The molecule has 0 aromatic heterocycles. The third-order valence-electron chi connectivity index (χ3n) is 3.96. The van der Waals surface area contributed by atoms with E-state index >= 15 is 0 Å². The van der Waals surface area contributed by atoms with Crippen LogP contribution >= 0.6 is 0 Å². The Kier molecular flexibility index (Phi) is 5.90. The van der Waals surface area contributed by atoms with Gasteiger partial charge >= 0.3 is 0 Å². The molecule has 0 aromatic rings. The standard InChI is InChI=1S/C14H31N3/c1-5-17-11-7-13(8-12-17)16(4)10-6-9-14(2,3)15/h13H,5-12,15H2,1-4H3. The molecule has 0 spiro atoms. The van der Waals surface area contributed by atoms with Crippen LogP contribution in [0.15, 0.2) is 0 Å². The first-order valence-electron chi connectivity index (χ1n) is 7.14. The minimum atomic E-state index is -0.00753. The smallest absolute Gasteiger partial charge is 0.0117 e. The molecule has 1 aliphatic rings. The van der Waals surface area contributed by atoms with Crippen molar-refractivity contribution in [3.05, 3.63) is 0 Å². The van der Waals surface area contributed by atoms with Gasteiger partial charge in [0.05, 0.1) is 0 Å². The molecular formula is C14H31N3. The van der Waals surface area contributed by atoms with Crippen molar-refractivity contribution in [1.82, 2.24) is 9.80 Å². The Bertz CT molecular complexity index is 202. The van der Waals surface area contributed by atoms with E-state index in [1.54, 1.807) is 0 Å². The first kappa shape index (κ1) is 14.9. The normalized spacial score (nSPS) is 20.1. The maximum atomic E-state index is 6.01. The Morgan fingerprint density at radius 2 is 1.88 bits per heavy atom. The molecule has 2 N–H and O–H groups in total. The summed E-state index contributed by atoms with van der Waals surface area (Å²) < 4.78 is 0. The van der Waals surface area contributed by atoms with Crippen LogP contribution in [0.25, 0.3) is 0 Å². The van der Waals surface area contributed by atoms with E-state index in [1.165, 1.54) is 45.4 Å². The number of rotatable bonds is 6. The van der Waals surface area contributed by atoms with E-state index in [9.17, 15) is 0 Å². The number of piperidine rings is 1. The molecule has 0 saturated carbocycles. The van der Waals surface area contributed by atoms with Gasteiger partial charge in [-0.15, -0.1) is 0 Å². The Hall–Kier alpha value is -0.120. The molecular weight excluding hydrogens is 210 g/mol. The second kappa shape index (κ2) is 6.72. The highest BCUT2D eigenvalue weighted by Gasteiger charge is 2.21. The van der Waals surface area contributed by atoms with Crippen molar-refractivity contribution in [3.63, 3.8) is 0 Å². The summed E-state index contributed by atoms with van der Waals surface area (Å²) in [6.45, 7) is 11.4. The Labute approximate surface area is 107 Å². The highest BCUT2D eigenvalue weighted by Crippen LogP contribution is 2.16. The van der Waals surface area contributed by atoms with E-state index in [1.807, 2.05) is 0 Å². The zero-order chi connectivity index (χ0) is 12.9. The van der Waals surface area contributed by atoms with E-state index in [0.29, 0.717) is 0 Å². The largest absolute Gasteiger partial charge is 0.326 e. The van der Waals surface area contributed by atoms with E-state index in [0.717, 1.165) is 12.5 Å². The fourth-order valence-electron chi connectivity index (χ4n) is 2.64. The molecule has 0 amide bonds. The Balaban J connectivity index is 2.18. The summed E-state index contributed by atoms with van der Waals surface area (Å²) in [6, 6.07) is 0.790. The predicted octanol–water partition coefficient (Wildman–Crippen LogP) is 1.92. The molecule has 1 fully saturated rings. The van der Waals surface area contributed by atoms with Crippen LogP contribution in [0, 0.1) is 0 Å². The number of hydrogen-bond acceptors (Lipinski definition) is 3. The molecule has 0 aromatic carbocycles. The van der Waals surface area contributed by atoms with Gasteiger partial charge in [-0.1, -0.05) is 6.92 Å². The van der Waals surface area contributed by atoms with Gasteiger partial charge in [-0.3, -0.25) is 0 Å². The Morgan fingerprint density at radius 1 is 1.29 bits per heavy atom. The average Bonchev–Trinajstić information content (AvgIpc) is 2.27. The van der Waals surface area contributed by atoms with Gasteiger partial charge in [0.15, 0.2) is 0 Å². The summed E-state index contributed by atoms with van der Waals surface area (Å²) in [5.41, 5.74) is 6.00. The fraction of sp³-hybridized carbons (Fsp3) is 1.00. The van der Waals surface area contributed by atoms with Crippen LogP contribution in [0.3, 0.4) is 0 Å². The van der Waals surface area contributed by atoms with E-state index in [2.05, 4.69) is 37.6 Å². The summed E-state index contributed by atoms with van der Waals surface area (Å²) in [7, 11) is 2.27. The van der Waals surface area contributed by atoms with Crippen molar-refractivity contribution in [2.75, 3.05) is 33.2 Å². The minimum absolute atomic E-state index is 0.00753. The molecule has 3 heteroatoms. The molecule has 1 saturated heterocycles. The topological polar surface area (TPSA) is 32.5 Å². The first-order chi connectivity index (χ1) is 7.92. The fourth-order valence-corrected chi connectivity index (χ4v) is 2.64. The lowest BCUT2D eigenvalue weighted by molar-refractivity contribution is 0.129. The second-order valence-electron chi connectivity index (χ2n) is 6.24. The molecule has 17 heavy (non-hydrogen) atoms. The van der Waals surface area contributed by atoms with Crippen molar-refractivity contribution in [3.8, 4) is 0 Å². The molecule has 3 nitrogen and oxygen atoms in total. The quantitative estimate of drug-likeness (QED) is 0.771. The molecule has 0 bridgehead atoms. The summed E-state index contributed by atoms with van der Waals surface area (Å²) in [5.74, 6) is 0. The summed E-state index contributed by atoms with van der Waals surface area (Å²) in [4.78, 5) is 5.09. The predicted molar refractivity (Wildman–Crippen MR) is 75.3 cm³/mol. The van der Waals surface area contributed by atoms with Crippen LogP contribution < -0.4 is 5.73 Å². The van der Waals surface area contributed by atoms with Gasteiger partial charge in [-0.05, 0) is 72.8 Å². The molecule has 0 unspecified atom stereocenters. The minimum Gasteiger partial charge on any atom is -0.326 e. The van der Waals surface area contributed by atoms with Crippen molar-refractivity contribution in [2.24, 2.45) is 5.73 Å². The van der Waals surface area contributed by atoms with Crippen LogP contribution in [-0.2, 0) is 0 Å². The van der Waals surface area contributed by atoms with Gasteiger partial charge in [0.25, 0.3) is 0 Å². The zero-order valence-electron chi connectivity index (χ0n) is 12.2. The number of nitrogens with zero attached hydrogens (tertiary/aromatic N) is 2. The first-order valence-corrected chi connectivity index (χ1v) is 7.14. The summed E-state index contributed by atoms with van der Waals surface area (Å²) in [6.07, 6.45) is 4.99. The molecule has 1 heterocycles. The highest BCUT2D eigenvalue weighted by atomic mass is 15.2. The maximum Gasteiger partial charge on any atom is 0.0117 e. The highest BCUT2D eigenvalue weighted by molar-refractivity contribution is 4.79. The van der Waals surface area contributed by atoms with Crippen molar-refractivity contribution >= 4 is 0 Å². The van der Waals surface area contributed by atoms with Gasteiger partial charge in [0, 0.05) is 11.6 Å². The summed E-state index contributed by atoms with van der Waals surface area (Å²) in [5, 5.41) is 0. The van der Waals surface area contributed by atoms with Gasteiger partial charge in [-0.25, -0.2) is 0 Å². The van der Waals surface area contributed by atoms with Crippen molar-refractivity contribution < 1.29 is 0 Å². The molecule has 1 aliphatic heterocycles. The van der Waals surface area contributed by atoms with Crippen molar-refractivity contribution in [1.29, 1.82) is 0 Å². The van der Waals surface area contributed by atoms with Gasteiger partial charge in [-0.2, -0.15) is 0 Å². The summed E-state index contributed by atoms with van der Waals surface area (Å²) >= 11 is 0. The lowest BCUT2D eigenvalue weighted by Crippen LogP contribution is -2.43. The van der Waals surface area contributed by atoms with Crippen LogP contribution in [-0.4, -0.2) is 54.6 Å². The number of likely N-dealkylation sites (tertiary alicyclic amines) is 1. The average molecular weight is 241 g/mol. The van der Waals surface area contributed by atoms with E-state index in [-0.39, 0.29) is 5.54 Å². The van der Waals surface area contributed by atoms with E-state index in [4.69, 9.17) is 5.73 Å². The van der Waals surface area contributed by atoms with Crippen LogP contribution in [0.4, 0.5) is 0 Å². The molecule has 0 radical (unpaired) electrons. The molecule has 0 aliphatic carbocycles. The number of hydrogen-bond donors (Lipinski definition) is 1. The number of nitrogens with two attached hydrogens (primary N) is 1. The monoisotopic (exact) mass is 241 g/mol. The maximum absolute atomic E-state index is 6.01. The van der Waals surface area contributed by atoms with Crippen LogP contribution in [0.2, 0.25) is 0 Å². The molecule has 1 rings (SSSR count). The third-order valence-corrected chi connectivity index (χ3v) is 3.96. The van der Waals surface area contributed by atoms with Gasteiger partial charge < -0.3 is 15.5 Å². The van der Waals surface area contributed by atoms with Crippen LogP contribution in [0.5, 0.6) is 0 Å². The lowest BCUT2D eigenvalue weighted by atomic mass is 9.99. The van der Waals surface area contributed by atoms with Crippen molar-refractivity contribution in [2.45, 2.75) is 58.0 Å². The lowest BCUT2D eigenvalue weighted by Gasteiger charge is -2.36. The SMILES string of the molecule is CCN1CCC(N(C)CCCC(C)(C)N)CC1. The van der Waals surface area contributed by atoms with Crippen LogP contribution in [0.1, 0.15) is 46.5 Å². The third kappa shape index (κ3) is 5.84. The second-order valence-corrected chi connectivity index (χ2v) is 6.24. The molecule has 0 atom stereocenters. The zero-order valence-corrected chi connectivity index (χ0v) is 12.2. The van der Waals surface area contributed by atoms with Gasteiger partial charge in [0.1, 0.15) is 0 Å². The van der Waals surface area contributed by atoms with Gasteiger partial charge in [0.2, 0.25) is 0 Å². The molecule has 102 valence electrons.